The number of hydrogen-bond acceptors (Lipinski definition) is 4. The van der Waals surface area contributed by atoms with Crippen LogP contribution in [0.15, 0.2) is 30.5 Å². The van der Waals surface area contributed by atoms with Crippen LogP contribution in [0.5, 0.6) is 0 Å². The fourth-order valence-electron chi connectivity index (χ4n) is 3.21. The van der Waals surface area contributed by atoms with Crippen LogP contribution in [0.3, 0.4) is 0 Å². The minimum atomic E-state index is 0.646. The Balaban J connectivity index is 1.47. The van der Waals surface area contributed by atoms with Crippen LogP contribution < -0.4 is 0 Å². The lowest BCUT2D eigenvalue weighted by Gasteiger charge is -2.36. The van der Waals surface area contributed by atoms with Crippen molar-refractivity contribution in [3.05, 3.63) is 50.9 Å². The lowest BCUT2D eigenvalue weighted by molar-refractivity contribution is 0.120. The molecule has 1 aliphatic heterocycles. The van der Waals surface area contributed by atoms with Crippen molar-refractivity contribution in [3.63, 3.8) is 0 Å². The number of benzene rings is 1. The molecule has 1 fully saturated rings. The number of rotatable bonds is 5. The standard InChI is InChI=1S/C18H24ClN3S/c1-14-3-5-15(6-4-14)12-21(2)16-7-9-22(10-8-16)13-17-11-20-18(19)23-17/h3-6,11,16H,7-10,12-13H2,1-2H3. The second kappa shape index (κ2) is 7.75. The van der Waals surface area contributed by atoms with Crippen LogP contribution >= 0.6 is 22.9 Å². The Labute approximate surface area is 147 Å². The summed E-state index contributed by atoms with van der Waals surface area (Å²) in [6.45, 7) is 6.46. The van der Waals surface area contributed by atoms with Gasteiger partial charge in [-0.15, -0.1) is 11.3 Å². The fraction of sp³-hybridized carbons (Fsp3) is 0.500. The van der Waals surface area contributed by atoms with Gasteiger partial charge < -0.3 is 0 Å². The number of thiazole rings is 1. The predicted octanol–water partition coefficient (Wildman–Crippen LogP) is 4.20. The van der Waals surface area contributed by atoms with Gasteiger partial charge in [-0.25, -0.2) is 4.98 Å². The molecule has 0 aliphatic carbocycles. The first-order chi connectivity index (χ1) is 11.1. The molecule has 0 bridgehead atoms. The molecule has 2 aromatic rings. The molecule has 124 valence electrons. The zero-order chi connectivity index (χ0) is 16.2. The summed E-state index contributed by atoms with van der Waals surface area (Å²) in [4.78, 5) is 10.4. The van der Waals surface area contributed by atoms with E-state index in [1.54, 1.807) is 11.3 Å². The van der Waals surface area contributed by atoms with Crippen molar-refractivity contribution in [2.24, 2.45) is 0 Å². The molecule has 0 N–H and O–H groups in total. The van der Waals surface area contributed by atoms with Gasteiger partial charge in [-0.2, -0.15) is 0 Å². The van der Waals surface area contributed by atoms with E-state index in [1.165, 1.54) is 28.8 Å². The number of nitrogens with zero attached hydrogens (tertiary/aromatic N) is 3. The molecule has 0 amide bonds. The van der Waals surface area contributed by atoms with Crippen molar-refractivity contribution in [2.75, 3.05) is 20.1 Å². The second-order valence-corrected chi connectivity index (χ2v) is 8.18. The van der Waals surface area contributed by atoms with Crippen molar-refractivity contribution in [3.8, 4) is 0 Å². The van der Waals surface area contributed by atoms with Crippen molar-refractivity contribution >= 4 is 22.9 Å². The SMILES string of the molecule is Cc1ccc(CN(C)C2CCN(Cc3cnc(Cl)s3)CC2)cc1. The van der Waals surface area contributed by atoms with E-state index in [4.69, 9.17) is 11.6 Å². The summed E-state index contributed by atoms with van der Waals surface area (Å²) in [5, 5.41) is 0. The summed E-state index contributed by atoms with van der Waals surface area (Å²) < 4.78 is 0.646. The quantitative estimate of drug-likeness (QED) is 0.806. The molecule has 1 aromatic carbocycles. The van der Waals surface area contributed by atoms with Gasteiger partial charge in [0, 0.05) is 43.3 Å². The van der Waals surface area contributed by atoms with Crippen molar-refractivity contribution in [2.45, 2.75) is 38.9 Å². The van der Waals surface area contributed by atoms with Gasteiger partial charge in [0.25, 0.3) is 0 Å². The zero-order valence-electron chi connectivity index (χ0n) is 13.8. The van der Waals surface area contributed by atoms with Gasteiger partial charge in [0.2, 0.25) is 0 Å². The summed E-state index contributed by atoms with van der Waals surface area (Å²) in [7, 11) is 2.25. The van der Waals surface area contributed by atoms with E-state index in [9.17, 15) is 0 Å². The molecule has 5 heteroatoms. The molecular formula is C18H24ClN3S. The normalized spacial score (nSPS) is 17.0. The lowest BCUT2D eigenvalue weighted by Crippen LogP contribution is -2.42. The van der Waals surface area contributed by atoms with Crippen LogP contribution in [0.4, 0.5) is 0 Å². The molecular weight excluding hydrogens is 326 g/mol. The highest BCUT2D eigenvalue weighted by Crippen LogP contribution is 2.23. The smallest absolute Gasteiger partial charge is 0.183 e. The third-order valence-electron chi connectivity index (χ3n) is 4.64. The van der Waals surface area contributed by atoms with Crippen LogP contribution in [0, 0.1) is 6.92 Å². The number of piperidine rings is 1. The van der Waals surface area contributed by atoms with Crippen LogP contribution in [-0.2, 0) is 13.1 Å². The van der Waals surface area contributed by atoms with E-state index in [-0.39, 0.29) is 0 Å². The van der Waals surface area contributed by atoms with E-state index in [1.807, 2.05) is 6.20 Å². The van der Waals surface area contributed by atoms with Crippen molar-refractivity contribution < 1.29 is 0 Å². The topological polar surface area (TPSA) is 19.4 Å². The maximum atomic E-state index is 5.91. The number of likely N-dealkylation sites (tertiary alicyclic amines) is 1. The number of aromatic nitrogens is 1. The van der Waals surface area contributed by atoms with Crippen LogP contribution in [0.25, 0.3) is 0 Å². The first-order valence-corrected chi connectivity index (χ1v) is 9.38. The highest BCUT2D eigenvalue weighted by atomic mass is 35.5. The van der Waals surface area contributed by atoms with E-state index < -0.39 is 0 Å². The van der Waals surface area contributed by atoms with E-state index in [2.05, 4.69) is 53.0 Å². The molecule has 2 heterocycles. The van der Waals surface area contributed by atoms with Crippen LogP contribution in [0.1, 0.15) is 28.8 Å². The molecule has 3 rings (SSSR count). The maximum Gasteiger partial charge on any atom is 0.183 e. The van der Waals surface area contributed by atoms with E-state index in [0.717, 1.165) is 26.2 Å². The van der Waals surface area contributed by atoms with Gasteiger partial charge >= 0.3 is 0 Å². The first kappa shape index (κ1) is 16.9. The van der Waals surface area contributed by atoms with Crippen molar-refractivity contribution in [1.82, 2.24) is 14.8 Å². The molecule has 3 nitrogen and oxygen atoms in total. The molecule has 1 saturated heterocycles. The summed E-state index contributed by atoms with van der Waals surface area (Å²) in [6, 6.07) is 9.57. The maximum absolute atomic E-state index is 5.91. The Hall–Kier alpha value is -0.940. The molecule has 0 atom stereocenters. The zero-order valence-corrected chi connectivity index (χ0v) is 15.4. The monoisotopic (exact) mass is 349 g/mol. The Morgan fingerprint density at radius 3 is 2.57 bits per heavy atom. The second-order valence-electron chi connectivity index (χ2n) is 6.49. The summed E-state index contributed by atoms with van der Waals surface area (Å²) in [5.74, 6) is 0. The van der Waals surface area contributed by atoms with Gasteiger partial charge in [-0.05, 0) is 32.4 Å². The average molecular weight is 350 g/mol. The first-order valence-electron chi connectivity index (χ1n) is 8.18. The molecule has 0 saturated carbocycles. The van der Waals surface area contributed by atoms with Crippen LogP contribution in [0.2, 0.25) is 4.47 Å². The summed E-state index contributed by atoms with van der Waals surface area (Å²) in [5.41, 5.74) is 2.73. The van der Waals surface area contributed by atoms with E-state index >= 15 is 0 Å². The summed E-state index contributed by atoms with van der Waals surface area (Å²) >= 11 is 7.51. The molecule has 23 heavy (non-hydrogen) atoms. The van der Waals surface area contributed by atoms with Crippen LogP contribution in [-0.4, -0.2) is 41.0 Å². The molecule has 1 aromatic heterocycles. The largest absolute Gasteiger partial charge is 0.299 e. The Morgan fingerprint density at radius 1 is 1.26 bits per heavy atom. The number of halogens is 1. The third kappa shape index (κ3) is 4.77. The highest BCUT2D eigenvalue weighted by Gasteiger charge is 2.22. The van der Waals surface area contributed by atoms with Gasteiger partial charge in [-0.3, -0.25) is 9.80 Å². The minimum Gasteiger partial charge on any atom is -0.299 e. The molecule has 0 spiro atoms. The average Bonchev–Trinajstić information content (AvgIpc) is 2.95. The highest BCUT2D eigenvalue weighted by molar-refractivity contribution is 7.15. The Morgan fingerprint density at radius 2 is 1.96 bits per heavy atom. The Kier molecular flexibility index (Phi) is 5.70. The fourth-order valence-corrected chi connectivity index (χ4v) is 4.23. The third-order valence-corrected chi connectivity index (χ3v) is 5.74. The van der Waals surface area contributed by atoms with E-state index in [0.29, 0.717) is 10.5 Å². The van der Waals surface area contributed by atoms with Gasteiger partial charge in [0.05, 0.1) is 0 Å². The predicted molar refractivity (Wildman–Crippen MR) is 98.1 cm³/mol. The van der Waals surface area contributed by atoms with Gasteiger partial charge in [0.15, 0.2) is 4.47 Å². The Bertz CT molecular complexity index is 617. The van der Waals surface area contributed by atoms with Crippen molar-refractivity contribution in [1.29, 1.82) is 0 Å². The lowest BCUT2D eigenvalue weighted by atomic mass is 10.0. The molecule has 0 radical (unpaired) electrons. The number of hydrogen-bond donors (Lipinski definition) is 0. The van der Waals surface area contributed by atoms with Gasteiger partial charge in [0.1, 0.15) is 0 Å². The number of aryl methyl sites for hydroxylation is 1. The minimum absolute atomic E-state index is 0.646. The summed E-state index contributed by atoms with van der Waals surface area (Å²) in [6.07, 6.45) is 4.37. The van der Waals surface area contributed by atoms with Gasteiger partial charge in [-0.1, -0.05) is 41.4 Å². The molecule has 0 unspecified atom stereocenters. The molecule has 1 aliphatic rings.